The number of hydrogen-bond donors (Lipinski definition) is 2. The molecule has 2 rings (SSSR count). The van der Waals surface area contributed by atoms with Crippen LogP contribution in [0.5, 0.6) is 0 Å². The summed E-state index contributed by atoms with van der Waals surface area (Å²) in [6.45, 7) is 0.00832. The molecule has 1 saturated carbocycles. The van der Waals surface area contributed by atoms with Gasteiger partial charge in [0.15, 0.2) is 5.96 Å². The molecule has 8 heteroatoms. The second-order valence-electron chi connectivity index (χ2n) is 5.80. The normalized spacial score (nSPS) is 15.5. The Kier molecular flexibility index (Phi) is 8.82. The molecule has 0 radical (unpaired) electrons. The van der Waals surface area contributed by atoms with Gasteiger partial charge in [-0.25, -0.2) is 4.99 Å². The molecule has 24 heavy (non-hydrogen) atoms. The van der Waals surface area contributed by atoms with E-state index in [0.717, 1.165) is 12.1 Å². The average molecular weight is 457 g/mol. The largest absolute Gasteiger partial charge is 0.411 e. The molecule has 1 aliphatic rings. The van der Waals surface area contributed by atoms with Crippen molar-refractivity contribution in [2.24, 2.45) is 16.6 Å². The highest BCUT2D eigenvalue weighted by Gasteiger charge is 2.27. The summed E-state index contributed by atoms with van der Waals surface area (Å²) >= 11 is 0. The number of nitrogens with zero attached hydrogens (tertiary/aromatic N) is 1. The van der Waals surface area contributed by atoms with E-state index in [4.69, 9.17) is 5.73 Å². The van der Waals surface area contributed by atoms with Crippen molar-refractivity contribution >= 4 is 29.9 Å². The molecule has 0 aromatic heterocycles. The van der Waals surface area contributed by atoms with Crippen molar-refractivity contribution in [2.75, 3.05) is 13.2 Å². The summed E-state index contributed by atoms with van der Waals surface area (Å²) < 4.78 is 40.6. The molecule has 1 fully saturated rings. The van der Waals surface area contributed by atoms with Gasteiger partial charge in [0.1, 0.15) is 6.61 Å². The molecule has 4 nitrogen and oxygen atoms in total. The molecule has 1 aliphatic carbocycles. The van der Waals surface area contributed by atoms with Crippen molar-refractivity contribution in [2.45, 2.75) is 38.6 Å². The predicted molar refractivity (Wildman–Crippen MR) is 98.2 cm³/mol. The molecule has 136 valence electrons. The number of halogens is 4. The van der Waals surface area contributed by atoms with Gasteiger partial charge in [0.2, 0.25) is 0 Å². The molecule has 0 heterocycles. The van der Waals surface area contributed by atoms with Crippen LogP contribution in [0, 0.1) is 5.92 Å². The molecule has 0 unspecified atom stereocenters. The lowest BCUT2D eigenvalue weighted by atomic mass is 9.85. The van der Waals surface area contributed by atoms with E-state index in [2.05, 4.69) is 15.0 Å². The molecule has 0 amide bonds. The lowest BCUT2D eigenvalue weighted by Crippen LogP contribution is -2.37. The summed E-state index contributed by atoms with van der Waals surface area (Å²) in [4.78, 5) is 4.25. The Bertz CT molecular complexity index is 516. The van der Waals surface area contributed by atoms with E-state index in [0.29, 0.717) is 24.0 Å². The van der Waals surface area contributed by atoms with Crippen LogP contribution < -0.4 is 11.1 Å². The molecule has 3 N–H and O–H groups in total. The van der Waals surface area contributed by atoms with Crippen LogP contribution in [0.1, 0.15) is 30.4 Å². The first kappa shape index (κ1) is 21.0. The van der Waals surface area contributed by atoms with Crippen LogP contribution in [0.25, 0.3) is 0 Å². The molecule has 0 bridgehead atoms. The molecule has 0 atom stereocenters. The lowest BCUT2D eigenvalue weighted by molar-refractivity contribution is -0.176. The maximum Gasteiger partial charge on any atom is 0.411 e. The minimum atomic E-state index is -4.29. The lowest BCUT2D eigenvalue weighted by Gasteiger charge is -2.25. The second kappa shape index (κ2) is 10.1. The summed E-state index contributed by atoms with van der Waals surface area (Å²) in [6.07, 6.45) is -0.503. The fraction of sp³-hybridized carbons (Fsp3) is 0.562. The van der Waals surface area contributed by atoms with Crippen molar-refractivity contribution < 1.29 is 17.9 Å². The van der Waals surface area contributed by atoms with E-state index in [1.165, 1.54) is 19.3 Å². The van der Waals surface area contributed by atoms with Gasteiger partial charge in [-0.15, -0.1) is 24.0 Å². The van der Waals surface area contributed by atoms with Crippen molar-refractivity contribution in [3.8, 4) is 0 Å². The van der Waals surface area contributed by atoms with Crippen LogP contribution >= 0.6 is 24.0 Å². The third-order valence-electron chi connectivity index (χ3n) is 3.79. The van der Waals surface area contributed by atoms with Gasteiger partial charge in [0, 0.05) is 6.54 Å². The van der Waals surface area contributed by atoms with Crippen LogP contribution in [0.15, 0.2) is 29.3 Å². The number of benzene rings is 1. The van der Waals surface area contributed by atoms with Crippen LogP contribution in [0.4, 0.5) is 13.2 Å². The maximum absolute atomic E-state index is 12.0. The summed E-state index contributed by atoms with van der Waals surface area (Å²) in [7, 11) is 0. The van der Waals surface area contributed by atoms with Crippen molar-refractivity contribution in [3.63, 3.8) is 0 Å². The van der Waals surface area contributed by atoms with Crippen LogP contribution in [0.2, 0.25) is 0 Å². The number of nitrogens with one attached hydrogen (secondary N) is 1. The minimum absolute atomic E-state index is 0. The zero-order chi connectivity index (χ0) is 16.7. The zero-order valence-corrected chi connectivity index (χ0v) is 15.6. The third-order valence-corrected chi connectivity index (χ3v) is 3.79. The molecule has 0 spiro atoms. The summed E-state index contributed by atoms with van der Waals surface area (Å²) in [5, 5.41) is 3.11. The van der Waals surface area contributed by atoms with Gasteiger partial charge in [-0.2, -0.15) is 13.2 Å². The Morgan fingerprint density at radius 3 is 2.38 bits per heavy atom. The van der Waals surface area contributed by atoms with Crippen molar-refractivity contribution in [1.29, 1.82) is 0 Å². The van der Waals surface area contributed by atoms with Gasteiger partial charge in [-0.3, -0.25) is 0 Å². The molecule has 1 aromatic carbocycles. The number of aliphatic imine (C=N–C) groups is 1. The number of nitrogens with two attached hydrogens (primary N) is 1. The first-order chi connectivity index (χ1) is 10.9. The molecular weight excluding hydrogens is 434 g/mol. The highest BCUT2D eigenvalue weighted by atomic mass is 127. The van der Waals surface area contributed by atoms with E-state index in [9.17, 15) is 13.2 Å². The monoisotopic (exact) mass is 457 g/mol. The minimum Gasteiger partial charge on any atom is -0.370 e. The molecule has 1 aromatic rings. The van der Waals surface area contributed by atoms with Crippen LogP contribution in [-0.4, -0.2) is 25.3 Å². The Balaban J connectivity index is 0.00000288. The first-order valence-corrected chi connectivity index (χ1v) is 7.68. The highest BCUT2D eigenvalue weighted by molar-refractivity contribution is 14.0. The number of hydrogen-bond acceptors (Lipinski definition) is 2. The van der Waals surface area contributed by atoms with Gasteiger partial charge in [-0.1, -0.05) is 30.7 Å². The number of ether oxygens (including phenoxy) is 1. The quantitative estimate of drug-likeness (QED) is 0.374. The Labute approximate surface area is 157 Å². The number of alkyl halides is 3. The SMILES string of the molecule is I.NC(=NCc1ccc(COCC(F)(F)F)cc1)NCC1CCC1. The summed E-state index contributed by atoms with van der Waals surface area (Å²) in [6, 6.07) is 7.10. The van der Waals surface area contributed by atoms with Gasteiger partial charge >= 0.3 is 6.18 Å². The third kappa shape index (κ3) is 8.18. The Morgan fingerprint density at radius 2 is 1.83 bits per heavy atom. The Hall–Kier alpha value is -1.03. The summed E-state index contributed by atoms with van der Waals surface area (Å²) in [5.41, 5.74) is 7.43. The van der Waals surface area contributed by atoms with Crippen LogP contribution in [-0.2, 0) is 17.9 Å². The van der Waals surface area contributed by atoms with Gasteiger partial charge in [0.25, 0.3) is 0 Å². The first-order valence-electron chi connectivity index (χ1n) is 7.68. The molecule has 0 aliphatic heterocycles. The van der Waals surface area contributed by atoms with Gasteiger partial charge < -0.3 is 15.8 Å². The predicted octanol–water partition coefficient (Wildman–Crippen LogP) is 3.59. The highest BCUT2D eigenvalue weighted by Crippen LogP contribution is 2.25. The standard InChI is InChI=1S/C16H22F3N3O.HI/c17-16(18,19)11-23-10-14-6-4-13(5-7-14)9-22-15(20)21-8-12-2-1-3-12;/h4-7,12H,1-3,8-11H2,(H3,20,21,22);1H. The van der Waals surface area contributed by atoms with Gasteiger partial charge in [0.05, 0.1) is 13.2 Å². The molecule has 0 saturated heterocycles. The smallest absolute Gasteiger partial charge is 0.370 e. The fourth-order valence-electron chi connectivity index (χ4n) is 2.20. The van der Waals surface area contributed by atoms with E-state index in [-0.39, 0.29) is 30.6 Å². The fourth-order valence-corrected chi connectivity index (χ4v) is 2.20. The van der Waals surface area contributed by atoms with E-state index in [1.807, 2.05) is 12.1 Å². The number of rotatable bonds is 7. The Morgan fingerprint density at radius 1 is 1.21 bits per heavy atom. The second-order valence-corrected chi connectivity index (χ2v) is 5.80. The van der Waals surface area contributed by atoms with Crippen molar-refractivity contribution in [3.05, 3.63) is 35.4 Å². The zero-order valence-electron chi connectivity index (χ0n) is 13.3. The van der Waals surface area contributed by atoms with E-state index in [1.54, 1.807) is 12.1 Å². The van der Waals surface area contributed by atoms with Crippen molar-refractivity contribution in [1.82, 2.24) is 5.32 Å². The summed E-state index contributed by atoms with van der Waals surface area (Å²) in [5.74, 6) is 1.13. The van der Waals surface area contributed by atoms with Gasteiger partial charge in [-0.05, 0) is 29.9 Å². The van der Waals surface area contributed by atoms with Crippen LogP contribution in [0.3, 0.4) is 0 Å². The topological polar surface area (TPSA) is 59.6 Å². The number of guanidine groups is 1. The maximum atomic E-state index is 12.0. The molecular formula is C16H23F3IN3O. The van der Waals surface area contributed by atoms with E-state index < -0.39 is 12.8 Å². The average Bonchev–Trinajstić information content (AvgIpc) is 2.43. The van der Waals surface area contributed by atoms with E-state index >= 15 is 0 Å².